The first kappa shape index (κ1) is 55.8. The van der Waals surface area contributed by atoms with Gasteiger partial charge >= 0.3 is 0 Å². The summed E-state index contributed by atoms with van der Waals surface area (Å²) in [6.45, 7) is 25.6. The van der Waals surface area contributed by atoms with Gasteiger partial charge in [-0.15, -0.1) is 0 Å². The lowest BCUT2D eigenvalue weighted by Crippen LogP contribution is -2.60. The molecule has 5 nitrogen and oxygen atoms in total. The molecule has 550 valence electrons. The molecular weight excluding hydrogens is 1400 g/mol. The minimum absolute atomic E-state index is 0.0892. The van der Waals surface area contributed by atoms with Gasteiger partial charge in [0.25, 0.3) is 0 Å². The smallest absolute Gasteiger partial charge is 0.249 e. The van der Waals surface area contributed by atoms with Gasteiger partial charge in [-0.2, -0.15) is 5.26 Å². The molecule has 0 bridgehead atoms. The zero-order valence-electron chi connectivity index (χ0n) is 80.6. The molecule has 20 rings (SSSR count). The highest BCUT2D eigenvalue weighted by atomic mass is 32.2. The SMILES string of the molecule is [2H]c1c([2H])c([2H])c2c(c1[2H])c1c([2H])c([2H])c([2H])c([2H])c1n2-c1cc2c3c(c1)N(c1c(-c4cccc(C(C)(C)C)c4)cccc1-c1cccc(C(C)(C)C)c1)c1cc(-n4c5c([2H])c([2H])c([2H])c([2H])c5c5c([2H])c(C#N)c([2H])c([2H])c54)ccc1B3c1cc(-c3cc(-c4ccccc4)cc(-c4ccccc4)c3)cc(-n3c4ccc(C(C)(C)C)cc4c4cc(C(C)(C)C)ccc43)c1S2. The van der Waals surface area contributed by atoms with Crippen molar-refractivity contribution in [3.8, 4) is 78.8 Å². The normalized spacial score (nSPS) is 14.9. The van der Waals surface area contributed by atoms with Crippen LogP contribution in [0.5, 0.6) is 0 Å². The van der Waals surface area contributed by atoms with Crippen LogP contribution in [0.3, 0.4) is 0 Å². The van der Waals surface area contributed by atoms with Crippen LogP contribution in [0.2, 0.25) is 0 Å². The first-order chi connectivity index (χ1) is 61.2. The molecule has 18 aromatic rings. The summed E-state index contributed by atoms with van der Waals surface area (Å²) in [5.74, 6) is 0. The number of nitrogens with zero attached hydrogens (tertiary/aromatic N) is 5. The van der Waals surface area contributed by atoms with Crippen molar-refractivity contribution >= 4 is 117 Å². The Hall–Kier alpha value is -12.6. The number of para-hydroxylation sites is 4. The van der Waals surface area contributed by atoms with E-state index in [-0.39, 0.29) is 76.6 Å². The molecule has 0 spiro atoms. The lowest BCUT2D eigenvalue weighted by molar-refractivity contribution is 0.590. The molecule has 0 saturated carbocycles. The third-order valence-corrected chi connectivity index (χ3v) is 24.4. The van der Waals surface area contributed by atoms with Crippen molar-refractivity contribution in [2.45, 2.75) is 115 Å². The van der Waals surface area contributed by atoms with E-state index >= 15 is 0 Å². The van der Waals surface area contributed by atoms with E-state index in [0.717, 1.165) is 127 Å². The predicted molar refractivity (Wildman–Crippen MR) is 486 cm³/mol. The fourth-order valence-electron chi connectivity index (χ4n) is 17.3. The highest BCUT2D eigenvalue weighted by Crippen LogP contribution is 2.54. The summed E-state index contributed by atoms with van der Waals surface area (Å²) in [6.07, 6.45) is 0. The van der Waals surface area contributed by atoms with Gasteiger partial charge in [0, 0.05) is 76.0 Å². The van der Waals surface area contributed by atoms with Crippen molar-refractivity contribution in [1.82, 2.24) is 13.7 Å². The van der Waals surface area contributed by atoms with E-state index in [4.69, 9.17) is 0 Å². The molecular formula is C107H88BN5S. The minimum Gasteiger partial charge on any atom is -0.310 e. The molecule has 0 unspecified atom stereocenters. The lowest BCUT2D eigenvalue weighted by Gasteiger charge is -2.42. The number of fused-ring (bicyclic) bond motifs is 13. The number of rotatable bonds is 9. The van der Waals surface area contributed by atoms with E-state index in [9.17, 15) is 25.8 Å². The average Bonchev–Trinajstić information content (AvgIpc) is 1.68. The van der Waals surface area contributed by atoms with Crippen LogP contribution in [0.1, 0.15) is 131 Å². The van der Waals surface area contributed by atoms with Crippen molar-refractivity contribution in [2.75, 3.05) is 4.90 Å². The molecule has 2 aliphatic rings. The fourth-order valence-corrected chi connectivity index (χ4v) is 18.6. The molecule has 0 aliphatic carbocycles. The molecule has 0 radical (unpaired) electrons. The highest BCUT2D eigenvalue weighted by molar-refractivity contribution is 8.00. The monoisotopic (exact) mass is 1500 g/mol. The van der Waals surface area contributed by atoms with Crippen LogP contribution in [-0.2, 0) is 21.7 Å². The Kier molecular flexibility index (Phi) is 12.8. The molecule has 0 N–H and O–H groups in total. The molecule has 0 atom stereocenters. The second kappa shape index (κ2) is 26.3. The molecule has 15 aromatic carbocycles. The molecule has 3 aromatic heterocycles. The second-order valence-corrected chi connectivity index (χ2v) is 35.6. The van der Waals surface area contributed by atoms with Crippen molar-refractivity contribution in [3.63, 3.8) is 0 Å². The topological polar surface area (TPSA) is 41.8 Å². The Morgan fingerprint density at radius 2 is 0.789 bits per heavy atom. The van der Waals surface area contributed by atoms with E-state index in [1.165, 1.54) is 11.8 Å². The van der Waals surface area contributed by atoms with Crippen LogP contribution in [0.25, 0.3) is 138 Å². The van der Waals surface area contributed by atoms with Gasteiger partial charge in [0.15, 0.2) is 0 Å². The van der Waals surface area contributed by atoms with Gasteiger partial charge in [-0.25, -0.2) is 0 Å². The van der Waals surface area contributed by atoms with Crippen LogP contribution in [-0.4, -0.2) is 20.4 Å². The van der Waals surface area contributed by atoms with Gasteiger partial charge in [-0.3, -0.25) is 0 Å². The van der Waals surface area contributed by atoms with E-state index in [1.54, 1.807) is 9.13 Å². The predicted octanol–water partition coefficient (Wildman–Crippen LogP) is 27.1. The van der Waals surface area contributed by atoms with Gasteiger partial charge < -0.3 is 18.6 Å². The van der Waals surface area contributed by atoms with Crippen LogP contribution in [0, 0.1) is 11.3 Å². The first-order valence-corrected chi connectivity index (χ1v) is 39.7. The Morgan fingerprint density at radius 1 is 0.333 bits per heavy atom. The summed E-state index contributed by atoms with van der Waals surface area (Å²) in [6, 6.07) is 72.7. The summed E-state index contributed by atoms with van der Waals surface area (Å²) in [4.78, 5) is 3.72. The van der Waals surface area contributed by atoms with Gasteiger partial charge in [-0.1, -0.05) is 306 Å². The molecule has 0 fully saturated rings. The van der Waals surface area contributed by atoms with E-state index < -0.39 is 103 Å². The maximum absolute atomic E-state index is 10.8. The zero-order valence-corrected chi connectivity index (χ0v) is 66.4. The minimum atomic E-state index is -0.824. The van der Waals surface area contributed by atoms with E-state index in [1.807, 2.05) is 72.8 Å². The first-order valence-electron chi connectivity index (χ1n) is 46.4. The van der Waals surface area contributed by atoms with E-state index in [0.29, 0.717) is 22.0 Å². The van der Waals surface area contributed by atoms with Crippen molar-refractivity contribution in [3.05, 3.63) is 343 Å². The number of nitriles is 1. The standard InChI is InChI=1S/C107H88BN5S/c1-104(2,3)75-34-25-32-69(56-75)81-39-27-40-82(70-33-26-35-76(57-70)105(4,5)6)102(81)113-97-62-79(110-93-43-24-21-38-85(93)86-52-66(65-109)44-49-94(86)110)47-48-89(97)108-90-58-74(73-54-71(67-28-15-13-16-29-67)53-72(55-73)68-30-17-14-18-31-68)59-99(112-95-50-45-77(106(7,8)9)60-87(95)88-61-78(107(10,11)12)46-51-96(88)112)103(90)114-100-64-80(63-98(113)101(100)108)111-91-41-22-19-36-83(91)84-37-20-23-42-92(84)111/h13-64H,1-12H3/i19D,20D,21D,22D,23D,24D,36D,37D,38D,41D,42D,43D,44D,49D,52D. The summed E-state index contributed by atoms with van der Waals surface area (Å²) in [5, 5.41) is 12.5. The van der Waals surface area contributed by atoms with Crippen LogP contribution in [0.15, 0.2) is 325 Å². The number of benzene rings is 15. The fraction of sp³-hybridized carbons (Fsp3) is 0.150. The zero-order chi connectivity index (χ0) is 91.1. The van der Waals surface area contributed by atoms with Crippen molar-refractivity contribution in [1.29, 1.82) is 5.26 Å². The maximum Gasteiger partial charge on any atom is 0.249 e. The average molecular weight is 1500 g/mol. The van der Waals surface area contributed by atoms with Gasteiger partial charge in [0.1, 0.15) is 0 Å². The molecule has 114 heavy (non-hydrogen) atoms. The summed E-state index contributed by atoms with van der Waals surface area (Å²) in [7, 11) is 0. The van der Waals surface area contributed by atoms with Gasteiger partial charge in [0.05, 0.1) is 76.7 Å². The molecule has 7 heteroatoms. The Morgan fingerprint density at radius 3 is 1.32 bits per heavy atom. The summed E-state index contributed by atoms with van der Waals surface area (Å²) < 4.78 is 152. The quantitative estimate of drug-likeness (QED) is 0.135. The van der Waals surface area contributed by atoms with Crippen molar-refractivity contribution < 1.29 is 20.6 Å². The number of hydrogen-bond donors (Lipinski definition) is 0. The van der Waals surface area contributed by atoms with Gasteiger partial charge in [0.2, 0.25) is 6.71 Å². The summed E-state index contributed by atoms with van der Waals surface area (Å²) >= 11 is 1.54. The van der Waals surface area contributed by atoms with Crippen LogP contribution >= 0.6 is 11.8 Å². The van der Waals surface area contributed by atoms with E-state index in [2.05, 4.69) is 250 Å². The largest absolute Gasteiger partial charge is 0.310 e. The molecule has 2 aliphatic heterocycles. The maximum atomic E-state index is 10.8. The number of hydrogen-bond acceptors (Lipinski definition) is 3. The van der Waals surface area contributed by atoms with Crippen LogP contribution in [0.4, 0.5) is 17.1 Å². The third kappa shape index (κ3) is 11.6. The second-order valence-electron chi connectivity index (χ2n) is 34.5. The molecule has 0 amide bonds. The molecule has 5 heterocycles. The Labute approximate surface area is 694 Å². The number of aromatic nitrogens is 3. The number of anilines is 3. The van der Waals surface area contributed by atoms with Crippen molar-refractivity contribution in [2.24, 2.45) is 0 Å². The Bertz CT molecular complexity index is 7750. The third-order valence-electron chi connectivity index (χ3n) is 23.2. The summed E-state index contributed by atoms with van der Waals surface area (Å²) in [5.41, 5.74) is 18.4. The molecule has 0 saturated heterocycles. The lowest BCUT2D eigenvalue weighted by atomic mass is 9.34. The Balaban J connectivity index is 1.02. The van der Waals surface area contributed by atoms with Gasteiger partial charge in [-0.05, 0) is 208 Å². The highest BCUT2D eigenvalue weighted by Gasteiger charge is 2.45. The van der Waals surface area contributed by atoms with Crippen LogP contribution < -0.4 is 21.3 Å².